The molecule has 0 aromatic rings. The van der Waals surface area contributed by atoms with Crippen molar-refractivity contribution in [2.75, 3.05) is 38.7 Å². The molecule has 1 fully saturated rings. The smallest absolute Gasteiger partial charge is 0.148 e. The summed E-state index contributed by atoms with van der Waals surface area (Å²) in [5.74, 6) is 0.942. The maximum Gasteiger partial charge on any atom is 0.148 e. The fraction of sp³-hybridized carbons (Fsp3) is 1.00. The third-order valence-electron chi connectivity index (χ3n) is 3.15. The van der Waals surface area contributed by atoms with Crippen molar-refractivity contribution in [3.63, 3.8) is 0 Å². The minimum atomic E-state index is -2.86. The Labute approximate surface area is 99.3 Å². The quantitative estimate of drug-likeness (QED) is 0.763. The highest BCUT2D eigenvalue weighted by molar-refractivity contribution is 7.90. The molecule has 1 atom stereocenters. The highest BCUT2D eigenvalue weighted by Gasteiger charge is 2.17. The highest BCUT2D eigenvalue weighted by atomic mass is 32.2. The monoisotopic (exact) mass is 248 g/mol. The van der Waals surface area contributed by atoms with Crippen LogP contribution in [0.15, 0.2) is 0 Å². The summed E-state index contributed by atoms with van der Waals surface area (Å²) in [6.45, 7) is 5.21. The number of hydrogen-bond donors (Lipinski definition) is 1. The van der Waals surface area contributed by atoms with Crippen molar-refractivity contribution in [3.8, 4) is 0 Å². The van der Waals surface area contributed by atoms with E-state index in [1.807, 2.05) is 6.92 Å². The molecule has 1 saturated heterocycles. The predicted molar refractivity (Wildman–Crippen MR) is 67.4 cm³/mol. The molecule has 1 heterocycles. The summed E-state index contributed by atoms with van der Waals surface area (Å²) >= 11 is 0. The zero-order valence-electron chi connectivity index (χ0n) is 10.6. The Bertz CT molecular complexity index is 295. The van der Waals surface area contributed by atoms with Crippen molar-refractivity contribution >= 4 is 9.84 Å². The number of sulfone groups is 1. The Hall–Kier alpha value is -0.130. The second-order valence-electron chi connectivity index (χ2n) is 5.15. The summed E-state index contributed by atoms with van der Waals surface area (Å²) in [5, 5.41) is 3.33. The van der Waals surface area contributed by atoms with Crippen LogP contribution in [0, 0.1) is 5.92 Å². The van der Waals surface area contributed by atoms with Crippen LogP contribution in [0.25, 0.3) is 0 Å². The van der Waals surface area contributed by atoms with E-state index in [0.717, 1.165) is 19.6 Å². The Balaban J connectivity index is 2.19. The van der Waals surface area contributed by atoms with E-state index in [1.54, 1.807) is 0 Å². The average Bonchev–Trinajstić information content (AvgIpc) is 2.14. The summed E-state index contributed by atoms with van der Waals surface area (Å²) in [6, 6.07) is 0.0645. The van der Waals surface area contributed by atoms with Gasteiger partial charge in [0, 0.05) is 12.3 Å². The third kappa shape index (κ3) is 5.82. The van der Waals surface area contributed by atoms with Crippen LogP contribution in [-0.4, -0.2) is 58.1 Å². The first-order valence-electron chi connectivity index (χ1n) is 5.96. The van der Waals surface area contributed by atoms with E-state index < -0.39 is 9.84 Å². The van der Waals surface area contributed by atoms with Crippen LogP contribution in [0.2, 0.25) is 0 Å². The molecule has 0 amide bonds. The van der Waals surface area contributed by atoms with Gasteiger partial charge in [0.25, 0.3) is 0 Å². The second-order valence-corrected chi connectivity index (χ2v) is 7.33. The molecule has 96 valence electrons. The molecule has 0 aromatic carbocycles. The van der Waals surface area contributed by atoms with E-state index in [-0.39, 0.29) is 11.8 Å². The molecule has 0 aliphatic carbocycles. The van der Waals surface area contributed by atoms with Gasteiger partial charge in [0.2, 0.25) is 0 Å². The maximum absolute atomic E-state index is 11.1. The minimum absolute atomic E-state index is 0.0645. The molecule has 0 radical (unpaired) electrons. The first-order valence-corrected chi connectivity index (χ1v) is 8.02. The molecule has 0 bridgehead atoms. The fourth-order valence-electron chi connectivity index (χ4n) is 2.15. The number of nitrogens with zero attached hydrogens (tertiary/aromatic N) is 1. The van der Waals surface area contributed by atoms with Gasteiger partial charge in [-0.05, 0) is 52.4 Å². The van der Waals surface area contributed by atoms with Gasteiger partial charge in [0.1, 0.15) is 9.84 Å². The van der Waals surface area contributed by atoms with E-state index in [4.69, 9.17) is 0 Å². The van der Waals surface area contributed by atoms with Gasteiger partial charge in [-0.1, -0.05) is 0 Å². The van der Waals surface area contributed by atoms with Gasteiger partial charge in [0.15, 0.2) is 0 Å². The van der Waals surface area contributed by atoms with Gasteiger partial charge in [-0.15, -0.1) is 0 Å². The van der Waals surface area contributed by atoms with Crippen molar-refractivity contribution in [3.05, 3.63) is 0 Å². The molecule has 1 aliphatic rings. The summed E-state index contributed by atoms with van der Waals surface area (Å²) in [6.07, 6.45) is 3.73. The second kappa shape index (κ2) is 5.98. The molecule has 1 aliphatic heterocycles. The van der Waals surface area contributed by atoms with E-state index in [1.165, 1.54) is 19.1 Å². The molecule has 4 nitrogen and oxygen atoms in total. The number of hydrogen-bond acceptors (Lipinski definition) is 4. The van der Waals surface area contributed by atoms with E-state index >= 15 is 0 Å². The molecule has 0 aromatic heterocycles. The van der Waals surface area contributed by atoms with Crippen LogP contribution in [0.5, 0.6) is 0 Å². The first kappa shape index (κ1) is 13.9. The predicted octanol–water partition coefficient (Wildman–Crippen LogP) is 0.351. The lowest BCUT2D eigenvalue weighted by Gasteiger charge is -2.29. The largest absolute Gasteiger partial charge is 0.313 e. The van der Waals surface area contributed by atoms with Crippen molar-refractivity contribution in [2.24, 2.45) is 5.92 Å². The van der Waals surface area contributed by atoms with Gasteiger partial charge < -0.3 is 10.2 Å². The number of likely N-dealkylation sites (tertiary alicyclic amines) is 1. The van der Waals surface area contributed by atoms with Crippen molar-refractivity contribution in [1.29, 1.82) is 0 Å². The normalized spacial score (nSPS) is 22.2. The third-order valence-corrected chi connectivity index (χ3v) is 4.25. The average molecular weight is 248 g/mol. The van der Waals surface area contributed by atoms with Crippen LogP contribution in [0.1, 0.15) is 19.8 Å². The van der Waals surface area contributed by atoms with E-state index in [0.29, 0.717) is 5.92 Å². The van der Waals surface area contributed by atoms with Gasteiger partial charge in [0.05, 0.1) is 5.75 Å². The van der Waals surface area contributed by atoms with Crippen LogP contribution < -0.4 is 5.32 Å². The van der Waals surface area contributed by atoms with Crippen molar-refractivity contribution < 1.29 is 8.42 Å². The molecule has 0 spiro atoms. The highest BCUT2D eigenvalue weighted by Crippen LogP contribution is 2.14. The van der Waals surface area contributed by atoms with Crippen molar-refractivity contribution in [1.82, 2.24) is 10.2 Å². The SMILES string of the molecule is CC(CS(C)(=O)=O)NCC1CCN(C)CC1. The van der Waals surface area contributed by atoms with Crippen LogP contribution in [0.4, 0.5) is 0 Å². The zero-order valence-corrected chi connectivity index (χ0v) is 11.4. The molecule has 1 rings (SSSR count). The summed E-state index contributed by atoms with van der Waals surface area (Å²) in [7, 11) is -0.707. The fourth-order valence-corrected chi connectivity index (χ4v) is 3.17. The van der Waals surface area contributed by atoms with Crippen LogP contribution in [-0.2, 0) is 9.84 Å². The lowest BCUT2D eigenvalue weighted by atomic mass is 9.97. The summed E-state index contributed by atoms with van der Waals surface area (Å²) in [5.41, 5.74) is 0. The molecular weight excluding hydrogens is 224 g/mol. The van der Waals surface area contributed by atoms with Gasteiger partial charge in [-0.25, -0.2) is 8.42 Å². The molecule has 16 heavy (non-hydrogen) atoms. The standard InChI is InChI=1S/C11H24N2O2S/c1-10(9-16(3,14)15)12-8-11-4-6-13(2)7-5-11/h10-12H,4-9H2,1-3H3. The first-order chi connectivity index (χ1) is 7.37. The Morgan fingerprint density at radius 3 is 2.44 bits per heavy atom. The molecular formula is C11H24N2O2S. The minimum Gasteiger partial charge on any atom is -0.313 e. The molecule has 1 unspecified atom stereocenters. The zero-order chi connectivity index (χ0) is 12.2. The lowest BCUT2D eigenvalue weighted by Crippen LogP contribution is -2.39. The lowest BCUT2D eigenvalue weighted by molar-refractivity contribution is 0.214. The van der Waals surface area contributed by atoms with Gasteiger partial charge in [-0.3, -0.25) is 0 Å². The Morgan fingerprint density at radius 1 is 1.38 bits per heavy atom. The van der Waals surface area contributed by atoms with E-state index in [2.05, 4.69) is 17.3 Å². The van der Waals surface area contributed by atoms with Gasteiger partial charge in [-0.2, -0.15) is 0 Å². The Morgan fingerprint density at radius 2 is 1.94 bits per heavy atom. The summed E-state index contributed by atoms with van der Waals surface area (Å²) < 4.78 is 22.2. The summed E-state index contributed by atoms with van der Waals surface area (Å²) in [4.78, 5) is 2.34. The van der Waals surface area contributed by atoms with E-state index in [9.17, 15) is 8.42 Å². The number of rotatable bonds is 5. The maximum atomic E-state index is 11.1. The molecule has 5 heteroatoms. The molecule has 1 N–H and O–H groups in total. The Kier molecular flexibility index (Phi) is 5.21. The van der Waals surface area contributed by atoms with Crippen molar-refractivity contribution in [2.45, 2.75) is 25.8 Å². The topological polar surface area (TPSA) is 49.4 Å². The van der Waals surface area contributed by atoms with Crippen LogP contribution >= 0.6 is 0 Å². The number of piperidine rings is 1. The van der Waals surface area contributed by atoms with Gasteiger partial charge >= 0.3 is 0 Å². The number of nitrogens with one attached hydrogen (secondary N) is 1. The molecule has 0 saturated carbocycles. The van der Waals surface area contributed by atoms with Crippen LogP contribution in [0.3, 0.4) is 0 Å².